The van der Waals surface area contributed by atoms with Gasteiger partial charge in [-0.3, -0.25) is 4.79 Å². The minimum atomic E-state index is -1.18. The summed E-state index contributed by atoms with van der Waals surface area (Å²) in [6, 6.07) is 11.0. The zero-order valence-corrected chi connectivity index (χ0v) is 10.3. The number of hydrogen-bond acceptors (Lipinski definition) is 3. The van der Waals surface area contributed by atoms with Crippen molar-refractivity contribution < 1.29 is 9.00 Å². The van der Waals surface area contributed by atoms with E-state index in [0.29, 0.717) is 9.09 Å². The van der Waals surface area contributed by atoms with Crippen molar-refractivity contribution in [1.82, 2.24) is 0 Å². The van der Waals surface area contributed by atoms with Gasteiger partial charge in [-0.05, 0) is 31.2 Å². The lowest BCUT2D eigenvalue weighted by Crippen LogP contribution is -1.89. The molecule has 0 amide bonds. The molecule has 1 aromatic carbocycles. The number of aldehydes is 1. The second kappa shape index (κ2) is 4.72. The molecule has 4 heteroatoms. The summed E-state index contributed by atoms with van der Waals surface area (Å²) in [6.45, 7) is 1.99. The third-order valence-electron chi connectivity index (χ3n) is 2.14. The van der Waals surface area contributed by atoms with E-state index in [2.05, 4.69) is 0 Å². The van der Waals surface area contributed by atoms with Crippen LogP contribution in [0.1, 0.15) is 15.2 Å². The molecular formula is C12H10O2S2. The maximum atomic E-state index is 12.1. The van der Waals surface area contributed by atoms with Crippen molar-refractivity contribution in [1.29, 1.82) is 0 Å². The molecule has 0 aliphatic rings. The lowest BCUT2D eigenvalue weighted by atomic mass is 10.2. The highest BCUT2D eigenvalue weighted by Crippen LogP contribution is 2.23. The van der Waals surface area contributed by atoms with Crippen LogP contribution >= 0.6 is 11.3 Å². The van der Waals surface area contributed by atoms with Crippen molar-refractivity contribution in [2.45, 2.75) is 16.0 Å². The summed E-state index contributed by atoms with van der Waals surface area (Å²) in [4.78, 5) is 11.9. The largest absolute Gasteiger partial charge is 0.297 e. The second-order valence-electron chi connectivity index (χ2n) is 3.36. The van der Waals surface area contributed by atoms with Gasteiger partial charge in [-0.1, -0.05) is 17.7 Å². The average molecular weight is 250 g/mol. The zero-order chi connectivity index (χ0) is 11.5. The maximum Gasteiger partial charge on any atom is 0.160 e. The molecule has 0 spiro atoms. The molecule has 1 aromatic heterocycles. The second-order valence-corrected chi connectivity index (χ2v) is 6.18. The molecule has 82 valence electrons. The van der Waals surface area contributed by atoms with Crippen LogP contribution in [0.25, 0.3) is 0 Å². The summed E-state index contributed by atoms with van der Waals surface area (Å²) in [5.41, 5.74) is 1.14. The van der Waals surface area contributed by atoms with Gasteiger partial charge in [0.1, 0.15) is 0 Å². The van der Waals surface area contributed by atoms with Crippen LogP contribution in [0.15, 0.2) is 45.5 Å². The van der Waals surface area contributed by atoms with Crippen molar-refractivity contribution in [3.8, 4) is 0 Å². The number of hydrogen-bond donors (Lipinski definition) is 0. The summed E-state index contributed by atoms with van der Waals surface area (Å²) >= 11 is 1.27. The number of aryl methyl sites for hydroxylation is 1. The fraction of sp³-hybridized carbons (Fsp3) is 0.0833. The molecule has 0 saturated carbocycles. The predicted molar refractivity (Wildman–Crippen MR) is 65.6 cm³/mol. The molecule has 0 unspecified atom stereocenters. The first-order valence-corrected chi connectivity index (χ1v) is 6.71. The molecular weight excluding hydrogens is 240 g/mol. The van der Waals surface area contributed by atoms with Gasteiger partial charge in [0.25, 0.3) is 0 Å². The molecule has 2 rings (SSSR count). The fourth-order valence-electron chi connectivity index (χ4n) is 1.28. The van der Waals surface area contributed by atoms with Gasteiger partial charge in [0.15, 0.2) is 6.29 Å². The molecule has 1 atom stereocenters. The number of carbonyl (C=O) groups excluding carboxylic acids is 1. The van der Waals surface area contributed by atoms with Gasteiger partial charge in [-0.25, -0.2) is 4.21 Å². The van der Waals surface area contributed by atoms with Gasteiger partial charge in [0.05, 0.1) is 19.9 Å². The molecule has 1 heterocycles. The number of carbonyl (C=O) groups is 1. The fourth-order valence-corrected chi connectivity index (χ4v) is 3.52. The van der Waals surface area contributed by atoms with Crippen LogP contribution in [0.5, 0.6) is 0 Å². The van der Waals surface area contributed by atoms with E-state index < -0.39 is 10.8 Å². The Balaban J connectivity index is 2.31. The highest BCUT2D eigenvalue weighted by atomic mass is 32.2. The van der Waals surface area contributed by atoms with Gasteiger partial charge in [-0.15, -0.1) is 11.3 Å². The molecule has 16 heavy (non-hydrogen) atoms. The summed E-state index contributed by atoms with van der Waals surface area (Å²) in [7, 11) is -1.18. The van der Waals surface area contributed by atoms with Crippen molar-refractivity contribution >= 4 is 28.4 Å². The van der Waals surface area contributed by atoms with Crippen molar-refractivity contribution in [3.05, 3.63) is 46.8 Å². The highest BCUT2D eigenvalue weighted by molar-refractivity contribution is 7.87. The minimum absolute atomic E-state index is 0.607. The quantitative estimate of drug-likeness (QED) is 0.785. The van der Waals surface area contributed by atoms with Crippen LogP contribution in [0.3, 0.4) is 0 Å². The molecule has 0 bridgehead atoms. The van der Waals surface area contributed by atoms with E-state index in [1.165, 1.54) is 11.3 Å². The zero-order valence-electron chi connectivity index (χ0n) is 8.67. The summed E-state index contributed by atoms with van der Waals surface area (Å²) < 4.78 is 12.8. The van der Waals surface area contributed by atoms with Crippen LogP contribution in [-0.4, -0.2) is 10.5 Å². The van der Waals surface area contributed by atoms with Gasteiger partial charge >= 0.3 is 0 Å². The monoisotopic (exact) mass is 250 g/mol. The van der Waals surface area contributed by atoms with Crippen LogP contribution in [0.4, 0.5) is 0 Å². The highest BCUT2D eigenvalue weighted by Gasteiger charge is 2.09. The third-order valence-corrected chi connectivity index (χ3v) is 4.85. The van der Waals surface area contributed by atoms with Gasteiger partial charge in [0, 0.05) is 4.90 Å². The third kappa shape index (κ3) is 2.28. The first-order valence-electron chi connectivity index (χ1n) is 4.74. The standard InChI is InChI=1S/C12H10O2S2/c1-9-2-5-11(6-3-9)16(14)12-7-4-10(8-13)15-12/h2-8H,1H3/t16-/m0/s1. The number of rotatable bonds is 3. The normalized spacial score (nSPS) is 12.3. The van der Waals surface area contributed by atoms with E-state index in [0.717, 1.165) is 16.7 Å². The SMILES string of the molecule is Cc1ccc([S@](=O)c2ccc(C=O)s2)cc1. The molecule has 0 saturated heterocycles. The topological polar surface area (TPSA) is 34.1 Å². The van der Waals surface area contributed by atoms with E-state index in [1.54, 1.807) is 12.1 Å². The van der Waals surface area contributed by atoms with Gasteiger partial charge in [-0.2, -0.15) is 0 Å². The lowest BCUT2D eigenvalue weighted by Gasteiger charge is -1.99. The Kier molecular flexibility index (Phi) is 3.31. The van der Waals surface area contributed by atoms with Crippen LogP contribution < -0.4 is 0 Å². The average Bonchev–Trinajstić information content (AvgIpc) is 2.77. The molecule has 2 nitrogen and oxygen atoms in total. The number of benzene rings is 1. The molecule has 2 aromatic rings. The van der Waals surface area contributed by atoms with E-state index in [9.17, 15) is 9.00 Å². The first-order chi connectivity index (χ1) is 7.70. The van der Waals surface area contributed by atoms with Crippen LogP contribution in [-0.2, 0) is 10.8 Å². The molecule has 0 fully saturated rings. The Morgan fingerprint density at radius 3 is 2.38 bits per heavy atom. The molecule has 0 aliphatic carbocycles. The summed E-state index contributed by atoms with van der Waals surface area (Å²) in [5, 5.41) is 0. The van der Waals surface area contributed by atoms with Crippen LogP contribution in [0.2, 0.25) is 0 Å². The smallest absolute Gasteiger partial charge is 0.160 e. The van der Waals surface area contributed by atoms with Gasteiger partial charge < -0.3 is 0 Å². The van der Waals surface area contributed by atoms with E-state index in [4.69, 9.17) is 0 Å². The molecule has 0 aliphatic heterocycles. The van der Waals surface area contributed by atoms with Crippen molar-refractivity contribution in [2.24, 2.45) is 0 Å². The Morgan fingerprint density at radius 2 is 1.81 bits per heavy atom. The van der Waals surface area contributed by atoms with Gasteiger partial charge in [0.2, 0.25) is 0 Å². The molecule has 0 radical (unpaired) electrons. The first kappa shape index (κ1) is 11.2. The van der Waals surface area contributed by atoms with E-state index in [1.807, 2.05) is 31.2 Å². The maximum absolute atomic E-state index is 12.1. The van der Waals surface area contributed by atoms with Crippen molar-refractivity contribution in [2.75, 3.05) is 0 Å². The Hall–Kier alpha value is -1.26. The minimum Gasteiger partial charge on any atom is -0.297 e. The Morgan fingerprint density at radius 1 is 1.12 bits per heavy atom. The predicted octanol–water partition coefficient (Wildman–Crippen LogP) is 3.04. The summed E-state index contributed by atoms with van der Waals surface area (Å²) in [6.07, 6.45) is 0.778. The van der Waals surface area contributed by atoms with Crippen LogP contribution in [0, 0.1) is 6.92 Å². The lowest BCUT2D eigenvalue weighted by molar-refractivity contribution is 0.112. The van der Waals surface area contributed by atoms with Crippen molar-refractivity contribution in [3.63, 3.8) is 0 Å². The number of thiophene rings is 1. The summed E-state index contributed by atoms with van der Waals surface area (Å²) in [5.74, 6) is 0. The Bertz CT molecular complexity index is 526. The Labute approximate surface area is 100 Å². The van der Waals surface area contributed by atoms with E-state index in [-0.39, 0.29) is 0 Å². The van der Waals surface area contributed by atoms with E-state index >= 15 is 0 Å². The molecule has 0 N–H and O–H groups in total.